The van der Waals surface area contributed by atoms with Gasteiger partial charge in [-0.2, -0.15) is 0 Å². The molecule has 25 heavy (non-hydrogen) atoms. The molecule has 0 aliphatic heterocycles. The Kier molecular flexibility index (Phi) is 7.01. The molecule has 5 nitrogen and oxygen atoms in total. The molecule has 0 saturated heterocycles. The maximum absolute atomic E-state index is 11.8. The SMILES string of the molecule is Cc1ccc(CCC(=O)NCC(=O)NCCc2ccc(N)cc2)cc1. The molecule has 0 aliphatic carbocycles. The number of carbonyl (C=O) groups excluding carboxylic acids is 2. The molecule has 0 aromatic heterocycles. The van der Waals surface area contributed by atoms with Gasteiger partial charge < -0.3 is 16.4 Å². The molecule has 2 rings (SSSR count). The van der Waals surface area contributed by atoms with Gasteiger partial charge in [0.15, 0.2) is 0 Å². The molecule has 0 saturated carbocycles. The number of hydrogen-bond donors (Lipinski definition) is 3. The number of carbonyl (C=O) groups is 2. The zero-order chi connectivity index (χ0) is 18.1. The maximum Gasteiger partial charge on any atom is 0.239 e. The van der Waals surface area contributed by atoms with Crippen LogP contribution in [-0.2, 0) is 22.4 Å². The highest BCUT2D eigenvalue weighted by Crippen LogP contribution is 2.06. The van der Waals surface area contributed by atoms with Crippen LogP contribution in [0.1, 0.15) is 23.1 Å². The van der Waals surface area contributed by atoms with Crippen molar-refractivity contribution in [3.8, 4) is 0 Å². The first-order valence-corrected chi connectivity index (χ1v) is 8.46. The highest BCUT2D eigenvalue weighted by atomic mass is 16.2. The third kappa shape index (κ3) is 7.08. The second-order valence-corrected chi connectivity index (χ2v) is 6.10. The molecule has 0 atom stereocenters. The molecule has 0 aliphatic rings. The van der Waals surface area contributed by atoms with Crippen molar-refractivity contribution in [1.82, 2.24) is 10.6 Å². The summed E-state index contributed by atoms with van der Waals surface area (Å²) in [5.74, 6) is -0.298. The average Bonchev–Trinajstić information content (AvgIpc) is 2.61. The summed E-state index contributed by atoms with van der Waals surface area (Å²) in [6, 6.07) is 15.7. The van der Waals surface area contributed by atoms with E-state index >= 15 is 0 Å². The largest absolute Gasteiger partial charge is 0.399 e. The number of anilines is 1. The van der Waals surface area contributed by atoms with E-state index in [0.29, 0.717) is 19.4 Å². The second-order valence-electron chi connectivity index (χ2n) is 6.10. The summed E-state index contributed by atoms with van der Waals surface area (Å²) < 4.78 is 0. The van der Waals surface area contributed by atoms with Crippen molar-refractivity contribution in [2.75, 3.05) is 18.8 Å². The molecular formula is C20H25N3O2. The highest BCUT2D eigenvalue weighted by Gasteiger charge is 2.06. The van der Waals surface area contributed by atoms with E-state index in [0.717, 1.165) is 23.2 Å². The smallest absolute Gasteiger partial charge is 0.239 e. The lowest BCUT2D eigenvalue weighted by Crippen LogP contribution is -2.37. The summed E-state index contributed by atoms with van der Waals surface area (Å²) in [6.07, 6.45) is 1.78. The molecule has 0 fully saturated rings. The van der Waals surface area contributed by atoms with Crippen molar-refractivity contribution in [3.05, 3.63) is 65.2 Å². The molecule has 0 spiro atoms. The zero-order valence-corrected chi connectivity index (χ0v) is 14.5. The van der Waals surface area contributed by atoms with Crippen LogP contribution in [0.5, 0.6) is 0 Å². The van der Waals surface area contributed by atoms with Gasteiger partial charge >= 0.3 is 0 Å². The van der Waals surface area contributed by atoms with Crippen LogP contribution in [0.3, 0.4) is 0 Å². The Morgan fingerprint density at radius 3 is 2.12 bits per heavy atom. The normalized spacial score (nSPS) is 10.3. The van der Waals surface area contributed by atoms with E-state index in [1.807, 2.05) is 55.5 Å². The van der Waals surface area contributed by atoms with E-state index in [2.05, 4.69) is 10.6 Å². The predicted molar refractivity (Wildman–Crippen MR) is 100 cm³/mol. The second kappa shape index (κ2) is 9.47. The van der Waals surface area contributed by atoms with Gasteiger partial charge in [-0.1, -0.05) is 42.0 Å². The van der Waals surface area contributed by atoms with Crippen molar-refractivity contribution in [1.29, 1.82) is 0 Å². The molecule has 0 bridgehead atoms. The molecular weight excluding hydrogens is 314 g/mol. The lowest BCUT2D eigenvalue weighted by atomic mass is 10.1. The monoisotopic (exact) mass is 339 g/mol. The first kappa shape index (κ1) is 18.5. The summed E-state index contributed by atoms with van der Waals surface area (Å²) in [4.78, 5) is 23.6. The van der Waals surface area contributed by atoms with Crippen molar-refractivity contribution < 1.29 is 9.59 Å². The Morgan fingerprint density at radius 1 is 0.840 bits per heavy atom. The topological polar surface area (TPSA) is 84.2 Å². The molecule has 4 N–H and O–H groups in total. The molecule has 2 aromatic rings. The lowest BCUT2D eigenvalue weighted by Gasteiger charge is -2.07. The van der Waals surface area contributed by atoms with Gasteiger partial charge in [0.2, 0.25) is 11.8 Å². The minimum absolute atomic E-state index is 0.00840. The maximum atomic E-state index is 11.8. The van der Waals surface area contributed by atoms with Crippen LogP contribution in [0.4, 0.5) is 5.69 Å². The molecule has 0 radical (unpaired) electrons. The van der Waals surface area contributed by atoms with Crippen LogP contribution in [0, 0.1) is 6.92 Å². The van der Waals surface area contributed by atoms with Crippen molar-refractivity contribution in [2.24, 2.45) is 0 Å². The van der Waals surface area contributed by atoms with Gasteiger partial charge in [0.25, 0.3) is 0 Å². The number of hydrogen-bond acceptors (Lipinski definition) is 3. The van der Waals surface area contributed by atoms with Crippen LogP contribution in [0.2, 0.25) is 0 Å². The minimum Gasteiger partial charge on any atom is -0.399 e. The van der Waals surface area contributed by atoms with Crippen LogP contribution in [0.15, 0.2) is 48.5 Å². The van der Waals surface area contributed by atoms with Crippen LogP contribution in [-0.4, -0.2) is 24.9 Å². The van der Waals surface area contributed by atoms with Crippen molar-refractivity contribution >= 4 is 17.5 Å². The first-order chi connectivity index (χ1) is 12.0. The number of rotatable bonds is 8. The Morgan fingerprint density at radius 2 is 1.44 bits per heavy atom. The van der Waals surface area contributed by atoms with Gasteiger partial charge in [-0.3, -0.25) is 9.59 Å². The van der Waals surface area contributed by atoms with E-state index < -0.39 is 0 Å². The molecule has 5 heteroatoms. The quantitative estimate of drug-likeness (QED) is 0.643. The molecule has 2 amide bonds. The average molecular weight is 339 g/mol. The third-order valence-corrected chi connectivity index (χ3v) is 3.92. The number of benzene rings is 2. The lowest BCUT2D eigenvalue weighted by molar-refractivity contribution is -0.126. The van der Waals surface area contributed by atoms with Crippen molar-refractivity contribution in [3.63, 3.8) is 0 Å². The van der Waals surface area contributed by atoms with Crippen LogP contribution < -0.4 is 16.4 Å². The van der Waals surface area contributed by atoms with Gasteiger partial charge in [-0.25, -0.2) is 0 Å². The Labute approximate surface area is 148 Å². The summed E-state index contributed by atoms with van der Waals surface area (Å²) in [7, 11) is 0. The van der Waals surface area contributed by atoms with E-state index in [-0.39, 0.29) is 18.4 Å². The summed E-state index contributed by atoms with van der Waals surface area (Å²) in [5.41, 5.74) is 9.78. The first-order valence-electron chi connectivity index (χ1n) is 8.46. The van der Waals surface area contributed by atoms with Gasteiger partial charge in [0.05, 0.1) is 6.54 Å². The fourth-order valence-electron chi connectivity index (χ4n) is 2.37. The fraction of sp³-hybridized carbons (Fsp3) is 0.300. The minimum atomic E-state index is -0.181. The third-order valence-electron chi connectivity index (χ3n) is 3.92. The standard InChI is InChI=1S/C20H25N3O2/c1-15-2-4-16(5-3-15)8-11-19(24)23-14-20(25)22-13-12-17-6-9-18(21)10-7-17/h2-7,9-10H,8,11-14,21H2,1H3,(H,22,25)(H,23,24). The van der Waals surface area contributed by atoms with E-state index in [1.54, 1.807) is 0 Å². The Hall–Kier alpha value is -2.82. The van der Waals surface area contributed by atoms with Crippen LogP contribution >= 0.6 is 0 Å². The number of nitrogens with one attached hydrogen (secondary N) is 2. The van der Waals surface area contributed by atoms with Crippen LogP contribution in [0.25, 0.3) is 0 Å². The molecule has 2 aromatic carbocycles. The van der Waals surface area contributed by atoms with E-state index in [1.165, 1.54) is 5.56 Å². The summed E-state index contributed by atoms with van der Waals surface area (Å²) >= 11 is 0. The van der Waals surface area contributed by atoms with Gasteiger partial charge in [-0.15, -0.1) is 0 Å². The number of aryl methyl sites for hydroxylation is 2. The number of nitrogens with two attached hydrogens (primary N) is 1. The van der Waals surface area contributed by atoms with E-state index in [9.17, 15) is 9.59 Å². The number of nitrogen functional groups attached to an aromatic ring is 1. The molecule has 0 heterocycles. The predicted octanol–water partition coefficient (Wildman–Crippen LogP) is 1.98. The van der Waals surface area contributed by atoms with Gasteiger partial charge in [0.1, 0.15) is 0 Å². The molecule has 0 unspecified atom stereocenters. The highest BCUT2D eigenvalue weighted by molar-refractivity contribution is 5.84. The zero-order valence-electron chi connectivity index (χ0n) is 14.5. The summed E-state index contributed by atoms with van der Waals surface area (Å²) in [6.45, 7) is 2.57. The van der Waals surface area contributed by atoms with Gasteiger partial charge in [0, 0.05) is 18.7 Å². The number of amides is 2. The Balaban J connectivity index is 1.59. The Bertz CT molecular complexity index is 694. The van der Waals surface area contributed by atoms with Crippen molar-refractivity contribution in [2.45, 2.75) is 26.2 Å². The summed E-state index contributed by atoms with van der Waals surface area (Å²) in [5, 5.41) is 5.45. The van der Waals surface area contributed by atoms with Gasteiger partial charge in [-0.05, 0) is 43.0 Å². The fourth-order valence-corrected chi connectivity index (χ4v) is 2.37. The van der Waals surface area contributed by atoms with E-state index in [4.69, 9.17) is 5.73 Å². The molecule has 132 valence electrons.